The number of aromatic nitrogens is 3. The van der Waals surface area contributed by atoms with Gasteiger partial charge in [-0.2, -0.15) is 5.10 Å². The summed E-state index contributed by atoms with van der Waals surface area (Å²) in [4.78, 5) is 4.11. The highest BCUT2D eigenvalue weighted by Crippen LogP contribution is 2.30. The molecule has 0 radical (unpaired) electrons. The molecule has 0 bridgehead atoms. The molecule has 0 atom stereocenters. The molecule has 2 aromatic heterocycles. The van der Waals surface area contributed by atoms with E-state index in [0.29, 0.717) is 0 Å². The van der Waals surface area contributed by atoms with Crippen LogP contribution in [0.2, 0.25) is 0 Å². The first-order valence-corrected chi connectivity index (χ1v) is 6.73. The first kappa shape index (κ1) is 12.2. The fraction of sp³-hybridized carbons (Fsp3) is 0.143. The third-order valence-corrected chi connectivity index (χ3v) is 4.42. The second-order valence-corrected chi connectivity index (χ2v) is 5.28. The average Bonchev–Trinajstić information content (AvgIpc) is 2.67. The molecular weight excluding hydrogens is 304 g/mol. The normalized spacial score (nSPS) is 11.1. The smallest absolute Gasteiger partial charge is 0.0885 e. The van der Waals surface area contributed by atoms with Crippen LogP contribution in [0.4, 0.5) is 5.69 Å². The zero-order chi connectivity index (χ0) is 13.6. The number of pyridine rings is 1. The standard InChI is InChI=1S/C14H13BrN4/c1-8-13(15)9(2)19(18-8)12-4-3-10-7-17-6-5-11(10)14(12)16/h3-7H,16H2,1-2H3. The largest absolute Gasteiger partial charge is 0.396 e. The molecule has 0 fully saturated rings. The summed E-state index contributed by atoms with van der Waals surface area (Å²) in [6.07, 6.45) is 3.56. The summed E-state index contributed by atoms with van der Waals surface area (Å²) in [5.41, 5.74) is 9.88. The first-order chi connectivity index (χ1) is 9.09. The number of halogens is 1. The SMILES string of the molecule is Cc1nn(-c2ccc3cnccc3c2N)c(C)c1Br. The van der Waals surface area contributed by atoms with Gasteiger partial charge in [0, 0.05) is 23.2 Å². The van der Waals surface area contributed by atoms with Crippen molar-refractivity contribution in [2.45, 2.75) is 13.8 Å². The van der Waals surface area contributed by atoms with Gasteiger partial charge < -0.3 is 5.73 Å². The van der Waals surface area contributed by atoms with Crippen LogP contribution < -0.4 is 5.73 Å². The van der Waals surface area contributed by atoms with Gasteiger partial charge in [-0.3, -0.25) is 4.98 Å². The Morgan fingerprint density at radius 2 is 2.00 bits per heavy atom. The quantitative estimate of drug-likeness (QED) is 0.700. The summed E-state index contributed by atoms with van der Waals surface area (Å²) in [5, 5.41) is 6.55. The molecule has 3 rings (SSSR count). The van der Waals surface area contributed by atoms with E-state index in [9.17, 15) is 0 Å². The molecule has 0 saturated heterocycles. The lowest BCUT2D eigenvalue weighted by molar-refractivity contribution is 0.836. The van der Waals surface area contributed by atoms with Gasteiger partial charge in [-0.15, -0.1) is 0 Å². The second kappa shape index (κ2) is 4.35. The van der Waals surface area contributed by atoms with Crippen molar-refractivity contribution in [2.24, 2.45) is 0 Å². The van der Waals surface area contributed by atoms with Gasteiger partial charge in [0.15, 0.2) is 0 Å². The minimum Gasteiger partial charge on any atom is -0.396 e. The number of benzene rings is 1. The summed E-state index contributed by atoms with van der Waals surface area (Å²) in [6, 6.07) is 5.92. The maximum atomic E-state index is 6.28. The fourth-order valence-corrected chi connectivity index (χ4v) is 2.47. The van der Waals surface area contributed by atoms with Crippen molar-refractivity contribution in [2.75, 3.05) is 5.73 Å². The zero-order valence-corrected chi connectivity index (χ0v) is 12.3. The van der Waals surface area contributed by atoms with E-state index in [1.165, 1.54) is 0 Å². The summed E-state index contributed by atoms with van der Waals surface area (Å²) in [5.74, 6) is 0. The Morgan fingerprint density at radius 1 is 1.21 bits per heavy atom. The molecule has 19 heavy (non-hydrogen) atoms. The third kappa shape index (κ3) is 1.81. The van der Waals surface area contributed by atoms with Gasteiger partial charge in [-0.05, 0) is 41.9 Å². The highest BCUT2D eigenvalue weighted by Gasteiger charge is 2.13. The van der Waals surface area contributed by atoms with Gasteiger partial charge in [-0.1, -0.05) is 6.07 Å². The van der Waals surface area contributed by atoms with E-state index in [0.717, 1.165) is 38.0 Å². The Kier molecular flexibility index (Phi) is 2.78. The van der Waals surface area contributed by atoms with Crippen LogP contribution in [-0.2, 0) is 0 Å². The maximum Gasteiger partial charge on any atom is 0.0885 e. The van der Waals surface area contributed by atoms with Crippen molar-refractivity contribution in [3.63, 3.8) is 0 Å². The summed E-state index contributed by atoms with van der Waals surface area (Å²) >= 11 is 3.54. The topological polar surface area (TPSA) is 56.7 Å². The molecule has 3 aromatic rings. The van der Waals surface area contributed by atoms with Crippen LogP contribution in [-0.4, -0.2) is 14.8 Å². The number of hydrogen-bond donors (Lipinski definition) is 1. The van der Waals surface area contributed by atoms with Gasteiger partial charge in [0.1, 0.15) is 0 Å². The Balaban J connectivity index is 2.31. The van der Waals surface area contributed by atoms with Crippen LogP contribution in [0.25, 0.3) is 16.5 Å². The van der Waals surface area contributed by atoms with Crippen LogP contribution >= 0.6 is 15.9 Å². The van der Waals surface area contributed by atoms with E-state index in [1.807, 2.05) is 42.9 Å². The minimum absolute atomic E-state index is 0.720. The van der Waals surface area contributed by atoms with Crippen LogP contribution in [0.3, 0.4) is 0 Å². The predicted molar refractivity (Wildman–Crippen MR) is 80.5 cm³/mol. The molecule has 96 valence electrons. The molecule has 2 heterocycles. The number of aryl methyl sites for hydroxylation is 1. The van der Waals surface area contributed by atoms with Crippen molar-refractivity contribution in [1.29, 1.82) is 0 Å². The molecule has 5 heteroatoms. The Labute approximate surface area is 119 Å². The molecule has 4 nitrogen and oxygen atoms in total. The number of nitrogens with zero attached hydrogens (tertiary/aromatic N) is 3. The number of hydrogen-bond acceptors (Lipinski definition) is 3. The number of fused-ring (bicyclic) bond motifs is 1. The lowest BCUT2D eigenvalue weighted by Crippen LogP contribution is -2.04. The lowest BCUT2D eigenvalue weighted by atomic mass is 10.1. The molecule has 0 amide bonds. The molecule has 0 unspecified atom stereocenters. The van der Waals surface area contributed by atoms with Gasteiger partial charge in [0.2, 0.25) is 0 Å². The van der Waals surface area contributed by atoms with Crippen molar-refractivity contribution < 1.29 is 0 Å². The fourth-order valence-electron chi connectivity index (χ4n) is 2.22. The average molecular weight is 317 g/mol. The maximum absolute atomic E-state index is 6.28. The van der Waals surface area contributed by atoms with Crippen molar-refractivity contribution >= 4 is 32.4 Å². The van der Waals surface area contributed by atoms with Crippen LogP contribution in [0, 0.1) is 13.8 Å². The second-order valence-electron chi connectivity index (χ2n) is 4.49. The van der Waals surface area contributed by atoms with Gasteiger partial charge >= 0.3 is 0 Å². The molecule has 0 aliphatic heterocycles. The molecule has 2 N–H and O–H groups in total. The number of anilines is 1. The number of rotatable bonds is 1. The van der Waals surface area contributed by atoms with Gasteiger partial charge in [0.25, 0.3) is 0 Å². The molecule has 0 spiro atoms. The molecular formula is C14H13BrN4. The van der Waals surface area contributed by atoms with E-state index in [1.54, 1.807) is 6.20 Å². The Morgan fingerprint density at radius 3 is 2.68 bits per heavy atom. The molecule has 0 aliphatic rings. The zero-order valence-electron chi connectivity index (χ0n) is 10.7. The summed E-state index contributed by atoms with van der Waals surface area (Å²) in [6.45, 7) is 3.98. The van der Waals surface area contributed by atoms with Crippen LogP contribution in [0.5, 0.6) is 0 Å². The Bertz CT molecular complexity index is 776. The van der Waals surface area contributed by atoms with Crippen molar-refractivity contribution in [3.05, 3.63) is 46.5 Å². The number of nitrogen functional groups attached to an aromatic ring is 1. The van der Waals surface area contributed by atoms with E-state index in [-0.39, 0.29) is 0 Å². The first-order valence-electron chi connectivity index (χ1n) is 5.94. The number of nitrogens with two attached hydrogens (primary N) is 1. The predicted octanol–water partition coefficient (Wildman–Crippen LogP) is 3.38. The van der Waals surface area contributed by atoms with Crippen LogP contribution in [0.1, 0.15) is 11.4 Å². The third-order valence-electron chi connectivity index (χ3n) is 3.27. The van der Waals surface area contributed by atoms with E-state index >= 15 is 0 Å². The van der Waals surface area contributed by atoms with E-state index < -0.39 is 0 Å². The molecule has 1 aromatic carbocycles. The minimum atomic E-state index is 0.720. The van der Waals surface area contributed by atoms with E-state index in [2.05, 4.69) is 26.0 Å². The summed E-state index contributed by atoms with van der Waals surface area (Å²) < 4.78 is 2.89. The van der Waals surface area contributed by atoms with Gasteiger partial charge in [-0.25, -0.2) is 4.68 Å². The highest BCUT2D eigenvalue weighted by atomic mass is 79.9. The molecule has 0 saturated carbocycles. The van der Waals surface area contributed by atoms with Crippen molar-refractivity contribution in [3.8, 4) is 5.69 Å². The molecule has 0 aliphatic carbocycles. The van der Waals surface area contributed by atoms with Crippen molar-refractivity contribution in [1.82, 2.24) is 14.8 Å². The monoisotopic (exact) mass is 316 g/mol. The Hall–Kier alpha value is -1.88. The highest BCUT2D eigenvalue weighted by molar-refractivity contribution is 9.10. The lowest BCUT2D eigenvalue weighted by Gasteiger charge is -2.10. The van der Waals surface area contributed by atoms with Gasteiger partial charge in [0.05, 0.1) is 27.2 Å². The summed E-state index contributed by atoms with van der Waals surface area (Å²) in [7, 11) is 0. The van der Waals surface area contributed by atoms with Crippen LogP contribution in [0.15, 0.2) is 35.1 Å². The van der Waals surface area contributed by atoms with E-state index in [4.69, 9.17) is 5.73 Å².